The molecule has 3 rings (SSSR count). The zero-order chi connectivity index (χ0) is 24.6. The molecule has 0 radical (unpaired) electrons. The first-order valence-electron chi connectivity index (χ1n) is 9.48. The molecule has 33 heavy (non-hydrogen) atoms. The molecule has 12 heteroatoms. The predicted molar refractivity (Wildman–Crippen MR) is 111 cm³/mol. The number of carboxylic acids is 2. The van der Waals surface area contributed by atoms with Gasteiger partial charge in [0.15, 0.2) is 0 Å². The highest BCUT2D eigenvalue weighted by atomic mass is 19.4. The molecule has 0 saturated carbocycles. The summed E-state index contributed by atoms with van der Waals surface area (Å²) in [6, 6.07) is 11.5. The zero-order valence-electron chi connectivity index (χ0n) is 17.4. The van der Waals surface area contributed by atoms with Gasteiger partial charge in [0.25, 0.3) is 5.91 Å². The van der Waals surface area contributed by atoms with Gasteiger partial charge in [-0.1, -0.05) is 0 Å². The number of aromatic carboxylic acids is 1. The minimum absolute atomic E-state index is 0.118. The van der Waals surface area contributed by atoms with Crippen molar-refractivity contribution < 1.29 is 47.2 Å². The predicted octanol–water partition coefficient (Wildman–Crippen LogP) is 3.12. The molecule has 1 aliphatic heterocycles. The van der Waals surface area contributed by atoms with E-state index in [0.717, 1.165) is 5.69 Å². The highest BCUT2D eigenvalue weighted by Gasteiger charge is 2.38. The summed E-state index contributed by atoms with van der Waals surface area (Å²) in [6.07, 6.45) is -5.08. The molecule has 0 spiro atoms. The van der Waals surface area contributed by atoms with Crippen molar-refractivity contribution >= 4 is 29.2 Å². The molecule has 0 aliphatic carbocycles. The van der Waals surface area contributed by atoms with Crippen LogP contribution in [0.2, 0.25) is 0 Å². The van der Waals surface area contributed by atoms with E-state index in [9.17, 15) is 27.9 Å². The van der Waals surface area contributed by atoms with Crippen molar-refractivity contribution in [3.05, 3.63) is 53.6 Å². The topological polar surface area (TPSA) is 125 Å². The van der Waals surface area contributed by atoms with Crippen LogP contribution in [0.1, 0.15) is 20.7 Å². The lowest BCUT2D eigenvalue weighted by atomic mass is 10.1. The summed E-state index contributed by atoms with van der Waals surface area (Å²) in [5, 5.41) is 19.2. The van der Waals surface area contributed by atoms with E-state index in [2.05, 4.69) is 10.2 Å². The summed E-state index contributed by atoms with van der Waals surface area (Å²) in [4.78, 5) is 34.9. The third-order valence-corrected chi connectivity index (χ3v) is 4.44. The smallest absolute Gasteiger partial charge is 0.490 e. The maximum atomic E-state index is 12.6. The normalized spacial score (nSPS) is 13.4. The Bertz CT molecular complexity index is 988. The maximum Gasteiger partial charge on any atom is 0.490 e. The summed E-state index contributed by atoms with van der Waals surface area (Å²) >= 11 is 0. The van der Waals surface area contributed by atoms with E-state index in [-0.39, 0.29) is 11.5 Å². The lowest BCUT2D eigenvalue weighted by molar-refractivity contribution is -0.192. The average molecular weight is 470 g/mol. The first-order valence-corrected chi connectivity index (χ1v) is 9.48. The summed E-state index contributed by atoms with van der Waals surface area (Å²) in [6.45, 7) is 2.54. The maximum absolute atomic E-state index is 12.6. The Hall–Kier alpha value is -3.80. The molecule has 1 fully saturated rings. The van der Waals surface area contributed by atoms with Crippen molar-refractivity contribution in [1.82, 2.24) is 0 Å². The number of rotatable bonds is 5. The first-order chi connectivity index (χ1) is 15.5. The molecule has 178 valence electrons. The number of amides is 1. The van der Waals surface area contributed by atoms with Gasteiger partial charge >= 0.3 is 18.1 Å². The molecule has 1 saturated heterocycles. The number of halogens is 3. The summed E-state index contributed by atoms with van der Waals surface area (Å²) < 4.78 is 42.2. The molecule has 2 aromatic rings. The largest absolute Gasteiger partial charge is 0.497 e. The second-order valence-corrected chi connectivity index (χ2v) is 6.62. The van der Waals surface area contributed by atoms with Crippen molar-refractivity contribution in [3.63, 3.8) is 0 Å². The molecule has 0 atom stereocenters. The molecule has 3 N–H and O–H groups in total. The van der Waals surface area contributed by atoms with Crippen LogP contribution in [0.3, 0.4) is 0 Å². The van der Waals surface area contributed by atoms with E-state index in [1.54, 1.807) is 37.4 Å². The highest BCUT2D eigenvalue weighted by molar-refractivity contribution is 6.06. The van der Waals surface area contributed by atoms with Crippen molar-refractivity contribution in [1.29, 1.82) is 0 Å². The molecule has 2 aromatic carbocycles. The van der Waals surface area contributed by atoms with Crippen LogP contribution in [-0.2, 0) is 9.53 Å². The highest BCUT2D eigenvalue weighted by Crippen LogP contribution is 2.29. The van der Waals surface area contributed by atoms with Gasteiger partial charge in [0.05, 0.1) is 37.3 Å². The second kappa shape index (κ2) is 11.2. The van der Waals surface area contributed by atoms with Gasteiger partial charge in [0, 0.05) is 18.7 Å². The number of ether oxygens (including phenoxy) is 2. The Kier molecular flexibility index (Phi) is 8.63. The van der Waals surface area contributed by atoms with Crippen LogP contribution in [0.4, 0.5) is 24.5 Å². The number of methoxy groups -OCH3 is 1. The number of carbonyl (C=O) groups is 3. The fourth-order valence-corrected chi connectivity index (χ4v) is 2.79. The Morgan fingerprint density at radius 1 is 1.00 bits per heavy atom. The Balaban J connectivity index is 0.000000479. The Labute approximate surface area is 186 Å². The summed E-state index contributed by atoms with van der Waals surface area (Å²) in [5.41, 5.74) is 1.82. The van der Waals surface area contributed by atoms with Gasteiger partial charge in [-0.3, -0.25) is 4.79 Å². The van der Waals surface area contributed by atoms with Gasteiger partial charge in [-0.15, -0.1) is 0 Å². The molecular formula is C21H21F3N2O7. The van der Waals surface area contributed by atoms with E-state index in [1.165, 1.54) is 12.1 Å². The minimum atomic E-state index is -5.08. The molecule has 1 heterocycles. The average Bonchev–Trinajstić information content (AvgIpc) is 2.79. The van der Waals surface area contributed by atoms with Crippen LogP contribution < -0.4 is 15.0 Å². The van der Waals surface area contributed by atoms with Crippen LogP contribution >= 0.6 is 0 Å². The second-order valence-electron chi connectivity index (χ2n) is 6.62. The molecule has 0 bridgehead atoms. The van der Waals surface area contributed by atoms with Gasteiger partial charge in [0.1, 0.15) is 5.75 Å². The van der Waals surface area contributed by atoms with Crippen LogP contribution in [0.25, 0.3) is 0 Å². The van der Waals surface area contributed by atoms with Crippen molar-refractivity contribution in [2.24, 2.45) is 0 Å². The number of anilines is 2. The van der Waals surface area contributed by atoms with Crippen molar-refractivity contribution in [3.8, 4) is 5.75 Å². The van der Waals surface area contributed by atoms with Gasteiger partial charge < -0.3 is 29.9 Å². The lowest BCUT2D eigenvalue weighted by Gasteiger charge is -2.30. The van der Waals surface area contributed by atoms with Crippen molar-refractivity contribution in [2.45, 2.75) is 6.18 Å². The number of nitrogens with zero attached hydrogens (tertiary/aromatic N) is 1. The number of hydrogen-bond acceptors (Lipinski definition) is 6. The number of alkyl halides is 3. The number of carboxylic acid groups (broad SMARTS) is 2. The fourth-order valence-electron chi connectivity index (χ4n) is 2.79. The number of morpholine rings is 1. The van der Waals surface area contributed by atoms with Crippen molar-refractivity contribution in [2.75, 3.05) is 43.6 Å². The zero-order valence-corrected chi connectivity index (χ0v) is 17.4. The minimum Gasteiger partial charge on any atom is -0.497 e. The van der Waals surface area contributed by atoms with Crippen LogP contribution in [0.5, 0.6) is 5.75 Å². The Morgan fingerprint density at radius 2 is 1.55 bits per heavy atom. The van der Waals surface area contributed by atoms with Gasteiger partial charge in [-0.2, -0.15) is 13.2 Å². The van der Waals surface area contributed by atoms with E-state index in [4.69, 9.17) is 19.4 Å². The lowest BCUT2D eigenvalue weighted by Crippen LogP contribution is -2.36. The summed E-state index contributed by atoms with van der Waals surface area (Å²) in [7, 11) is 1.56. The van der Waals surface area contributed by atoms with E-state index in [1.807, 2.05) is 0 Å². The fraction of sp³-hybridized carbons (Fsp3) is 0.286. The number of aliphatic carboxylic acids is 1. The monoisotopic (exact) mass is 470 g/mol. The van der Waals surface area contributed by atoms with E-state index >= 15 is 0 Å². The number of carbonyl (C=O) groups excluding carboxylic acids is 1. The first kappa shape index (κ1) is 25.5. The van der Waals surface area contributed by atoms with E-state index in [0.29, 0.717) is 43.3 Å². The molecule has 1 aliphatic rings. The molecular weight excluding hydrogens is 449 g/mol. The number of nitrogens with one attached hydrogen (secondary N) is 1. The molecule has 9 nitrogen and oxygen atoms in total. The molecule has 0 aromatic heterocycles. The molecule has 1 amide bonds. The van der Waals surface area contributed by atoms with Gasteiger partial charge in [0.2, 0.25) is 0 Å². The van der Waals surface area contributed by atoms with Gasteiger partial charge in [-0.25, -0.2) is 9.59 Å². The third-order valence-electron chi connectivity index (χ3n) is 4.44. The van der Waals surface area contributed by atoms with Crippen LogP contribution in [-0.4, -0.2) is 67.6 Å². The summed E-state index contributed by atoms with van der Waals surface area (Å²) in [5.74, 6) is -3.46. The molecule has 0 unspecified atom stereocenters. The number of benzene rings is 2. The van der Waals surface area contributed by atoms with Crippen LogP contribution in [0.15, 0.2) is 42.5 Å². The van der Waals surface area contributed by atoms with Gasteiger partial charge in [-0.05, 0) is 42.5 Å². The van der Waals surface area contributed by atoms with Crippen LogP contribution in [0, 0.1) is 0 Å². The quantitative estimate of drug-likeness (QED) is 0.609. The number of hydrogen-bond donors (Lipinski definition) is 3. The Morgan fingerprint density at radius 3 is 2.03 bits per heavy atom. The SMILES string of the molecule is COc1ccc(C(=O)Nc2cc(C(=O)O)ccc2N2CCOCC2)cc1.O=C(O)C(F)(F)F. The van der Waals surface area contributed by atoms with E-state index < -0.39 is 18.1 Å². The third kappa shape index (κ3) is 7.38. The standard InChI is InChI=1S/C19H20N2O5.C2HF3O2/c1-25-15-5-2-13(3-6-15)18(22)20-16-12-14(19(23)24)4-7-17(16)21-8-10-26-11-9-21;3-2(4,5)1(6)7/h2-7,12H,8-11H2,1H3,(H,20,22)(H,23,24);(H,6,7).